The van der Waals surface area contributed by atoms with Crippen LogP contribution in [0.25, 0.3) is 0 Å². The van der Waals surface area contributed by atoms with Crippen molar-refractivity contribution in [2.75, 3.05) is 27.9 Å². The number of hydrogen-bond donors (Lipinski definition) is 0. The van der Waals surface area contributed by atoms with Crippen LogP contribution in [0.15, 0.2) is 54.1 Å². The Kier molecular flexibility index (Phi) is 5.41. The van der Waals surface area contributed by atoms with Gasteiger partial charge < -0.3 is 19.1 Å². The van der Waals surface area contributed by atoms with E-state index in [0.29, 0.717) is 6.54 Å². The molecule has 1 aliphatic heterocycles. The summed E-state index contributed by atoms with van der Waals surface area (Å²) in [6.07, 6.45) is 10.5. The average Bonchev–Trinajstić information content (AvgIpc) is 2.85. The normalized spacial score (nSPS) is 21.3. The van der Waals surface area contributed by atoms with Gasteiger partial charge in [-0.05, 0) is 78.3 Å². The second-order valence-corrected chi connectivity index (χ2v) is 8.63. The van der Waals surface area contributed by atoms with Gasteiger partial charge in [-0.15, -0.1) is 0 Å². The molecule has 5 heteroatoms. The maximum absolute atomic E-state index is 13.7. The average molecular weight is 432 g/mol. The zero-order valence-corrected chi connectivity index (χ0v) is 18.9. The fourth-order valence-electron chi connectivity index (χ4n) is 5.43. The molecule has 0 N–H and O–H groups in total. The molecule has 3 aliphatic rings. The maximum Gasteiger partial charge on any atom is 0.254 e. The van der Waals surface area contributed by atoms with E-state index in [2.05, 4.69) is 35.3 Å². The Bertz CT molecular complexity index is 1120. The van der Waals surface area contributed by atoms with Crippen molar-refractivity contribution in [1.82, 2.24) is 4.90 Å². The molecule has 0 fully saturated rings. The summed E-state index contributed by atoms with van der Waals surface area (Å²) in [4.78, 5) is 15.8. The molecule has 1 amide bonds. The predicted molar refractivity (Wildman–Crippen MR) is 124 cm³/mol. The van der Waals surface area contributed by atoms with Crippen LogP contribution in [-0.4, -0.2) is 44.7 Å². The molecule has 5 nitrogen and oxygen atoms in total. The molecule has 0 aromatic heterocycles. The molecule has 32 heavy (non-hydrogen) atoms. The van der Waals surface area contributed by atoms with Gasteiger partial charge in [0.25, 0.3) is 5.91 Å². The lowest BCUT2D eigenvalue weighted by Crippen LogP contribution is -2.50. The second-order valence-electron chi connectivity index (χ2n) is 8.63. The SMILES string of the molecule is COc1ccc2c(c1)[C@@H]1c3cc(OC)c(OC)cc3CC[C@H]1N(CC1=CCCC=C1)C2=O. The molecule has 0 saturated heterocycles. The van der Waals surface area contributed by atoms with E-state index in [1.165, 1.54) is 16.7 Å². The van der Waals surface area contributed by atoms with Gasteiger partial charge in [-0.1, -0.05) is 18.2 Å². The number of hydrogen-bond acceptors (Lipinski definition) is 4. The highest BCUT2D eigenvalue weighted by atomic mass is 16.5. The lowest BCUT2D eigenvalue weighted by molar-refractivity contribution is 0.0632. The van der Waals surface area contributed by atoms with Gasteiger partial charge in [0.2, 0.25) is 0 Å². The van der Waals surface area contributed by atoms with Crippen molar-refractivity contribution in [2.45, 2.75) is 37.6 Å². The largest absolute Gasteiger partial charge is 0.497 e. The Balaban J connectivity index is 1.66. The van der Waals surface area contributed by atoms with Crippen LogP contribution >= 0.6 is 0 Å². The standard InChI is InChI=1S/C27H29NO4/c1-30-19-10-11-20-22(14-19)26-21-15-25(32-3)24(31-2)13-18(21)9-12-23(26)28(27(20)29)16-17-7-5-4-6-8-17/h5,7-8,10-11,13-15,23,26H,4,6,9,12,16H2,1-3H3/t23-,26+/m1/s1. The molecule has 0 bridgehead atoms. The second kappa shape index (κ2) is 8.38. The van der Waals surface area contributed by atoms with Crippen LogP contribution in [0.3, 0.4) is 0 Å². The number of nitrogens with zero attached hydrogens (tertiary/aromatic N) is 1. The van der Waals surface area contributed by atoms with E-state index in [-0.39, 0.29) is 17.9 Å². The summed E-state index contributed by atoms with van der Waals surface area (Å²) >= 11 is 0. The van der Waals surface area contributed by atoms with Gasteiger partial charge in [-0.25, -0.2) is 0 Å². The highest BCUT2D eigenvalue weighted by molar-refractivity contribution is 5.98. The summed E-state index contributed by atoms with van der Waals surface area (Å²) in [5.74, 6) is 2.41. The van der Waals surface area contributed by atoms with Crippen LogP contribution in [0.5, 0.6) is 17.2 Å². The first kappa shape index (κ1) is 20.7. The molecule has 2 aromatic rings. The summed E-state index contributed by atoms with van der Waals surface area (Å²) in [5, 5.41) is 0. The van der Waals surface area contributed by atoms with Crippen molar-refractivity contribution >= 4 is 5.91 Å². The van der Waals surface area contributed by atoms with Gasteiger partial charge in [0, 0.05) is 24.1 Å². The molecule has 5 rings (SSSR count). The molecule has 2 atom stereocenters. The first-order valence-corrected chi connectivity index (χ1v) is 11.2. The van der Waals surface area contributed by atoms with Gasteiger partial charge in [-0.3, -0.25) is 4.79 Å². The van der Waals surface area contributed by atoms with Crippen LogP contribution in [-0.2, 0) is 6.42 Å². The number of carbonyl (C=O) groups excluding carboxylic acids is 1. The van der Waals surface area contributed by atoms with Crippen LogP contribution < -0.4 is 14.2 Å². The number of rotatable bonds is 5. The first-order valence-electron chi connectivity index (χ1n) is 11.2. The number of allylic oxidation sites excluding steroid dienone is 2. The van der Waals surface area contributed by atoms with Crippen molar-refractivity contribution in [3.05, 3.63) is 76.4 Å². The third kappa shape index (κ3) is 3.36. The number of methoxy groups -OCH3 is 3. The Morgan fingerprint density at radius 1 is 0.969 bits per heavy atom. The Labute approximate surface area is 189 Å². The van der Waals surface area contributed by atoms with E-state index in [1.807, 2.05) is 18.2 Å². The minimum atomic E-state index is 0.0644. The third-order valence-corrected chi connectivity index (χ3v) is 6.98. The number of fused-ring (bicyclic) bond motifs is 5. The van der Waals surface area contributed by atoms with E-state index in [4.69, 9.17) is 14.2 Å². The molecule has 0 spiro atoms. The van der Waals surface area contributed by atoms with Crippen LogP contribution in [0.4, 0.5) is 0 Å². The molecule has 0 radical (unpaired) electrons. The molecular weight excluding hydrogens is 402 g/mol. The maximum atomic E-state index is 13.7. The van der Waals surface area contributed by atoms with Crippen molar-refractivity contribution < 1.29 is 19.0 Å². The van der Waals surface area contributed by atoms with Crippen molar-refractivity contribution in [1.29, 1.82) is 0 Å². The number of ether oxygens (including phenoxy) is 3. The number of carbonyl (C=O) groups is 1. The van der Waals surface area contributed by atoms with E-state index < -0.39 is 0 Å². The molecule has 1 heterocycles. The van der Waals surface area contributed by atoms with Crippen LogP contribution in [0.2, 0.25) is 0 Å². The van der Waals surface area contributed by atoms with E-state index >= 15 is 0 Å². The topological polar surface area (TPSA) is 48.0 Å². The van der Waals surface area contributed by atoms with Crippen LogP contribution in [0, 0.1) is 0 Å². The highest BCUT2D eigenvalue weighted by Crippen LogP contribution is 2.48. The summed E-state index contributed by atoms with van der Waals surface area (Å²) in [6, 6.07) is 10.1. The van der Waals surface area contributed by atoms with Gasteiger partial charge in [0.1, 0.15) is 5.75 Å². The molecule has 2 aromatic carbocycles. The van der Waals surface area contributed by atoms with Gasteiger partial charge >= 0.3 is 0 Å². The predicted octanol–water partition coefficient (Wildman–Crippen LogP) is 4.89. The molecule has 166 valence electrons. The van der Waals surface area contributed by atoms with Crippen molar-refractivity contribution in [2.24, 2.45) is 0 Å². The fraction of sp³-hybridized carbons (Fsp3) is 0.370. The minimum absolute atomic E-state index is 0.0644. The fourth-order valence-corrected chi connectivity index (χ4v) is 5.43. The zero-order chi connectivity index (χ0) is 22.2. The molecule has 0 saturated carbocycles. The molecule has 2 aliphatic carbocycles. The monoisotopic (exact) mass is 431 g/mol. The third-order valence-electron chi connectivity index (χ3n) is 6.98. The highest BCUT2D eigenvalue weighted by Gasteiger charge is 2.43. The number of benzene rings is 2. The van der Waals surface area contributed by atoms with Crippen molar-refractivity contribution in [3.63, 3.8) is 0 Å². The van der Waals surface area contributed by atoms with Gasteiger partial charge in [0.15, 0.2) is 11.5 Å². The van der Waals surface area contributed by atoms with E-state index in [0.717, 1.165) is 54.1 Å². The summed E-state index contributed by atoms with van der Waals surface area (Å²) in [6.45, 7) is 0.643. The van der Waals surface area contributed by atoms with E-state index in [1.54, 1.807) is 21.3 Å². The van der Waals surface area contributed by atoms with E-state index in [9.17, 15) is 4.79 Å². The number of aryl methyl sites for hydroxylation is 1. The number of amides is 1. The lowest BCUT2D eigenvalue weighted by atomic mass is 9.71. The smallest absolute Gasteiger partial charge is 0.254 e. The quantitative estimate of drug-likeness (QED) is 0.676. The molecule has 0 unspecified atom stereocenters. The zero-order valence-electron chi connectivity index (χ0n) is 18.9. The summed E-state index contributed by atoms with van der Waals surface area (Å²) in [5.41, 5.74) is 5.48. The Hall–Kier alpha value is -3.21. The Morgan fingerprint density at radius 3 is 2.50 bits per heavy atom. The molecular formula is C27H29NO4. The van der Waals surface area contributed by atoms with Gasteiger partial charge in [0.05, 0.1) is 21.3 Å². The lowest BCUT2D eigenvalue weighted by Gasteiger charge is -2.46. The summed E-state index contributed by atoms with van der Waals surface area (Å²) < 4.78 is 16.7. The van der Waals surface area contributed by atoms with Crippen molar-refractivity contribution in [3.8, 4) is 17.2 Å². The van der Waals surface area contributed by atoms with Crippen LogP contribution in [0.1, 0.15) is 52.2 Å². The van der Waals surface area contributed by atoms with Gasteiger partial charge in [-0.2, -0.15) is 0 Å². The first-order chi connectivity index (χ1) is 15.6. The summed E-state index contributed by atoms with van der Waals surface area (Å²) in [7, 11) is 5.00. The minimum Gasteiger partial charge on any atom is -0.497 e. The Morgan fingerprint density at radius 2 is 1.78 bits per heavy atom.